The molecule has 1 aliphatic heterocycles. The summed E-state index contributed by atoms with van der Waals surface area (Å²) in [5, 5.41) is 9.92. The number of ether oxygens (including phenoxy) is 1. The lowest BCUT2D eigenvalue weighted by molar-refractivity contribution is -0.136. The van der Waals surface area contributed by atoms with Crippen LogP contribution >= 0.6 is 11.6 Å². The van der Waals surface area contributed by atoms with E-state index in [-0.39, 0.29) is 18.1 Å². The Labute approximate surface area is 159 Å². The summed E-state index contributed by atoms with van der Waals surface area (Å²) < 4.78 is 5.70. The molecule has 0 unspecified atom stereocenters. The van der Waals surface area contributed by atoms with Crippen molar-refractivity contribution in [2.24, 2.45) is 0 Å². The molecule has 2 fully saturated rings. The van der Waals surface area contributed by atoms with Crippen LogP contribution in [0.5, 0.6) is 0 Å². The van der Waals surface area contributed by atoms with E-state index in [1.165, 1.54) is 0 Å². The molecule has 0 radical (unpaired) electrons. The van der Waals surface area contributed by atoms with Crippen molar-refractivity contribution >= 4 is 23.5 Å². The number of aromatic nitrogens is 2. The van der Waals surface area contributed by atoms with Gasteiger partial charge in [0.15, 0.2) is 0 Å². The summed E-state index contributed by atoms with van der Waals surface area (Å²) in [5.74, 6) is 0.905. The van der Waals surface area contributed by atoms with E-state index in [4.69, 9.17) is 16.3 Å². The van der Waals surface area contributed by atoms with Gasteiger partial charge in [-0.3, -0.25) is 4.79 Å². The third kappa shape index (κ3) is 4.84. The summed E-state index contributed by atoms with van der Waals surface area (Å²) in [6, 6.07) is 2.40. The molecule has 7 nitrogen and oxygen atoms in total. The number of carbonyl (C=O) groups is 1. The van der Waals surface area contributed by atoms with E-state index >= 15 is 0 Å². The molecule has 26 heavy (non-hydrogen) atoms. The van der Waals surface area contributed by atoms with Gasteiger partial charge in [-0.25, -0.2) is 9.97 Å². The van der Waals surface area contributed by atoms with Gasteiger partial charge in [0.1, 0.15) is 11.3 Å². The van der Waals surface area contributed by atoms with Crippen LogP contribution in [0.2, 0.25) is 5.15 Å². The zero-order valence-electron chi connectivity index (χ0n) is 15.4. The number of nitrogens with one attached hydrogen (secondary N) is 3. The highest BCUT2D eigenvalue weighted by atomic mass is 35.5. The number of morpholine rings is 1. The first-order chi connectivity index (χ1) is 12.6. The van der Waals surface area contributed by atoms with Gasteiger partial charge in [-0.1, -0.05) is 18.5 Å². The molecule has 2 atom stereocenters. The van der Waals surface area contributed by atoms with Crippen molar-refractivity contribution in [3.63, 3.8) is 0 Å². The Morgan fingerprint density at radius 3 is 2.73 bits per heavy atom. The van der Waals surface area contributed by atoms with Crippen LogP contribution < -0.4 is 16.0 Å². The van der Waals surface area contributed by atoms with Gasteiger partial charge in [0.2, 0.25) is 5.95 Å². The van der Waals surface area contributed by atoms with Crippen molar-refractivity contribution in [1.29, 1.82) is 0 Å². The molecule has 2 aliphatic rings. The molecule has 1 aliphatic carbocycles. The molecule has 0 bridgehead atoms. The minimum absolute atomic E-state index is 0.00180. The smallest absolute Gasteiger partial charge is 0.250 e. The van der Waals surface area contributed by atoms with Crippen molar-refractivity contribution in [3.05, 3.63) is 16.9 Å². The third-order valence-electron chi connectivity index (χ3n) is 5.31. The predicted molar refractivity (Wildman–Crippen MR) is 102 cm³/mol. The van der Waals surface area contributed by atoms with Gasteiger partial charge in [-0.15, -0.1) is 0 Å². The Hall–Kier alpha value is -1.44. The highest BCUT2D eigenvalue weighted by Crippen LogP contribution is 2.33. The first-order valence-electron chi connectivity index (χ1n) is 9.46. The monoisotopic (exact) mass is 381 g/mol. The topological polar surface area (TPSA) is 88.2 Å². The SMILES string of the molecule is CC[C@@H]1CO[C@H](C(=O)NC2CCC(c3cc(Cl)nc(NC)n3)CC2)CN1. The molecular formula is C18H28ClN5O2. The van der Waals surface area contributed by atoms with Crippen molar-refractivity contribution in [2.45, 2.75) is 63.1 Å². The Morgan fingerprint density at radius 2 is 2.12 bits per heavy atom. The molecule has 1 aromatic heterocycles. The maximum Gasteiger partial charge on any atom is 0.250 e. The maximum absolute atomic E-state index is 12.4. The third-order valence-corrected chi connectivity index (χ3v) is 5.50. The Kier molecular flexibility index (Phi) is 6.67. The van der Waals surface area contributed by atoms with Gasteiger partial charge in [-0.2, -0.15) is 0 Å². The van der Waals surface area contributed by atoms with Gasteiger partial charge in [-0.05, 0) is 38.2 Å². The van der Waals surface area contributed by atoms with Crippen molar-refractivity contribution < 1.29 is 9.53 Å². The van der Waals surface area contributed by atoms with Gasteiger partial charge >= 0.3 is 0 Å². The van der Waals surface area contributed by atoms with Gasteiger partial charge < -0.3 is 20.7 Å². The van der Waals surface area contributed by atoms with E-state index in [9.17, 15) is 4.79 Å². The van der Waals surface area contributed by atoms with Crippen LogP contribution in [-0.4, -0.2) is 54.3 Å². The van der Waals surface area contributed by atoms with Crippen molar-refractivity contribution in [2.75, 3.05) is 25.5 Å². The molecule has 3 N–H and O–H groups in total. The van der Waals surface area contributed by atoms with Crippen LogP contribution in [0, 0.1) is 0 Å². The molecule has 3 rings (SSSR count). The fourth-order valence-electron chi connectivity index (χ4n) is 3.64. The molecule has 8 heteroatoms. The summed E-state index contributed by atoms with van der Waals surface area (Å²) in [6.45, 7) is 3.31. The van der Waals surface area contributed by atoms with E-state index in [1.54, 1.807) is 7.05 Å². The Balaban J connectivity index is 1.48. The van der Waals surface area contributed by atoms with E-state index < -0.39 is 0 Å². The number of hydrogen-bond donors (Lipinski definition) is 3. The van der Waals surface area contributed by atoms with Crippen molar-refractivity contribution in [3.8, 4) is 0 Å². The predicted octanol–water partition coefficient (Wildman–Crippen LogP) is 2.08. The van der Waals surface area contributed by atoms with Crippen LogP contribution in [0.25, 0.3) is 0 Å². The normalized spacial score (nSPS) is 29.2. The second-order valence-corrected chi connectivity index (χ2v) is 7.47. The molecule has 1 saturated carbocycles. The molecule has 1 amide bonds. The first-order valence-corrected chi connectivity index (χ1v) is 9.84. The quantitative estimate of drug-likeness (QED) is 0.677. The summed E-state index contributed by atoms with van der Waals surface area (Å²) in [4.78, 5) is 21.1. The van der Waals surface area contributed by atoms with E-state index in [1.807, 2.05) is 6.07 Å². The van der Waals surface area contributed by atoms with Crippen LogP contribution in [0.3, 0.4) is 0 Å². The molecular weight excluding hydrogens is 354 g/mol. The lowest BCUT2D eigenvalue weighted by Gasteiger charge is -2.32. The largest absolute Gasteiger partial charge is 0.365 e. The Morgan fingerprint density at radius 1 is 1.35 bits per heavy atom. The number of anilines is 1. The minimum Gasteiger partial charge on any atom is -0.365 e. The van der Waals surface area contributed by atoms with Gasteiger partial charge in [0, 0.05) is 31.6 Å². The number of amides is 1. The second kappa shape index (κ2) is 8.97. The fourth-order valence-corrected chi connectivity index (χ4v) is 3.83. The number of halogens is 1. The van der Waals surface area contributed by atoms with Crippen LogP contribution in [0.1, 0.15) is 50.6 Å². The fraction of sp³-hybridized carbons (Fsp3) is 0.722. The zero-order chi connectivity index (χ0) is 18.5. The number of nitrogens with zero attached hydrogens (tertiary/aromatic N) is 2. The lowest BCUT2D eigenvalue weighted by Crippen LogP contribution is -2.53. The molecule has 2 heterocycles. The summed E-state index contributed by atoms with van der Waals surface area (Å²) >= 11 is 6.08. The van der Waals surface area contributed by atoms with Crippen LogP contribution in [-0.2, 0) is 9.53 Å². The number of carbonyl (C=O) groups excluding carboxylic acids is 1. The maximum atomic E-state index is 12.4. The Bertz CT molecular complexity index is 614. The van der Waals surface area contributed by atoms with Crippen molar-refractivity contribution in [1.82, 2.24) is 20.6 Å². The van der Waals surface area contributed by atoms with E-state index in [0.29, 0.717) is 36.2 Å². The number of hydrogen-bond acceptors (Lipinski definition) is 6. The summed E-state index contributed by atoms with van der Waals surface area (Å²) in [7, 11) is 1.78. The highest BCUT2D eigenvalue weighted by Gasteiger charge is 2.30. The van der Waals surface area contributed by atoms with E-state index in [0.717, 1.165) is 37.8 Å². The lowest BCUT2D eigenvalue weighted by atomic mass is 9.84. The summed E-state index contributed by atoms with van der Waals surface area (Å²) in [6.07, 6.45) is 4.46. The van der Waals surface area contributed by atoms with Gasteiger partial charge in [0.05, 0.1) is 12.3 Å². The molecule has 1 saturated heterocycles. The molecule has 144 valence electrons. The van der Waals surface area contributed by atoms with Crippen LogP contribution in [0.15, 0.2) is 6.07 Å². The minimum atomic E-state index is -0.380. The average molecular weight is 382 g/mol. The van der Waals surface area contributed by atoms with Gasteiger partial charge in [0.25, 0.3) is 5.91 Å². The average Bonchev–Trinajstić information content (AvgIpc) is 2.68. The number of rotatable bonds is 5. The molecule has 1 aromatic rings. The second-order valence-electron chi connectivity index (χ2n) is 7.08. The van der Waals surface area contributed by atoms with E-state index in [2.05, 4.69) is 32.8 Å². The zero-order valence-corrected chi connectivity index (χ0v) is 16.2. The highest BCUT2D eigenvalue weighted by molar-refractivity contribution is 6.29. The first kappa shape index (κ1) is 19.3. The standard InChI is InChI=1S/C18H28ClN5O2/c1-3-12-10-26-15(9-21-12)17(25)22-13-6-4-11(5-7-13)14-8-16(19)24-18(20-2)23-14/h8,11-13,15,21H,3-7,9-10H2,1-2H3,(H,22,25)(H,20,23,24)/t11?,12-,13?,15+/m1/s1. The molecule has 0 spiro atoms. The van der Waals surface area contributed by atoms with Crippen LogP contribution in [0.4, 0.5) is 5.95 Å². The molecule has 0 aromatic carbocycles. The summed E-state index contributed by atoms with van der Waals surface area (Å²) in [5.41, 5.74) is 0.976.